The van der Waals surface area contributed by atoms with Gasteiger partial charge in [-0.3, -0.25) is 4.79 Å². The minimum Gasteiger partial charge on any atom is -0.342 e. The number of nitrogens with zero attached hydrogens (tertiary/aromatic N) is 5. The Bertz CT molecular complexity index is 724. The van der Waals surface area contributed by atoms with E-state index in [1.165, 1.54) is 23.7 Å². The molecule has 24 heavy (non-hydrogen) atoms. The van der Waals surface area contributed by atoms with Gasteiger partial charge < -0.3 is 4.90 Å². The first kappa shape index (κ1) is 17.0. The minimum absolute atomic E-state index is 0.176. The van der Waals surface area contributed by atoms with Crippen molar-refractivity contribution in [3.63, 3.8) is 0 Å². The van der Waals surface area contributed by atoms with Gasteiger partial charge in [-0.1, -0.05) is 29.5 Å². The van der Waals surface area contributed by atoms with E-state index in [0.29, 0.717) is 5.16 Å². The highest BCUT2D eigenvalue weighted by Crippen LogP contribution is 2.26. The van der Waals surface area contributed by atoms with Crippen molar-refractivity contribution in [2.24, 2.45) is 0 Å². The summed E-state index contributed by atoms with van der Waals surface area (Å²) in [7, 11) is 0. The Kier molecular flexibility index (Phi) is 5.18. The van der Waals surface area contributed by atoms with E-state index in [4.69, 9.17) is 0 Å². The summed E-state index contributed by atoms with van der Waals surface area (Å²) >= 11 is 1.42. The Hall–Kier alpha value is -1.89. The first-order chi connectivity index (χ1) is 11.6. The number of carbonyl (C=O) groups is 1. The molecule has 1 aromatic carbocycles. The summed E-state index contributed by atoms with van der Waals surface area (Å²) in [5.41, 5.74) is 3.26. The number of hydrogen-bond acceptors (Lipinski definition) is 5. The van der Waals surface area contributed by atoms with Gasteiger partial charge in [-0.25, -0.2) is 0 Å². The molecule has 1 saturated heterocycles. The van der Waals surface area contributed by atoms with Crippen LogP contribution >= 0.6 is 11.8 Å². The van der Waals surface area contributed by atoms with Crippen LogP contribution < -0.4 is 0 Å². The second-order valence-corrected chi connectivity index (χ2v) is 7.62. The lowest BCUT2D eigenvalue weighted by molar-refractivity contribution is -0.131. The van der Waals surface area contributed by atoms with E-state index in [2.05, 4.69) is 28.5 Å². The number of rotatable bonds is 4. The van der Waals surface area contributed by atoms with Gasteiger partial charge in [0.1, 0.15) is 0 Å². The molecule has 6 nitrogen and oxygen atoms in total. The molecule has 128 valence electrons. The van der Waals surface area contributed by atoms with Gasteiger partial charge in [-0.2, -0.15) is 4.68 Å². The predicted molar refractivity (Wildman–Crippen MR) is 94.4 cm³/mol. The third kappa shape index (κ3) is 3.61. The van der Waals surface area contributed by atoms with Gasteiger partial charge in [0, 0.05) is 13.1 Å². The van der Waals surface area contributed by atoms with Gasteiger partial charge in [0.15, 0.2) is 0 Å². The summed E-state index contributed by atoms with van der Waals surface area (Å²) in [6, 6.07) is 6.16. The molecule has 0 bridgehead atoms. The molecule has 7 heteroatoms. The van der Waals surface area contributed by atoms with Crippen molar-refractivity contribution in [3.05, 3.63) is 29.3 Å². The number of likely N-dealkylation sites (tertiary alicyclic amines) is 1. The number of tetrazole rings is 1. The normalized spacial score (nSPS) is 16.2. The molecule has 1 atom stereocenters. The standard InChI is InChI=1S/C17H23N5OS/c1-12-7-8-15(13(2)11-12)22-17(18-19-20-22)24-14(3)16(23)21-9-5-4-6-10-21/h7-8,11,14H,4-6,9-10H2,1-3H3/t14-/m0/s1. The summed E-state index contributed by atoms with van der Waals surface area (Å²) in [6.07, 6.45) is 3.42. The zero-order valence-electron chi connectivity index (χ0n) is 14.4. The lowest BCUT2D eigenvalue weighted by atomic mass is 10.1. The molecule has 0 unspecified atom stereocenters. The van der Waals surface area contributed by atoms with E-state index in [1.807, 2.05) is 30.9 Å². The molecular weight excluding hydrogens is 322 g/mol. The van der Waals surface area contributed by atoms with Crippen molar-refractivity contribution in [1.82, 2.24) is 25.1 Å². The van der Waals surface area contributed by atoms with Crippen LogP contribution in [0.5, 0.6) is 0 Å². The van der Waals surface area contributed by atoms with Crippen molar-refractivity contribution in [2.45, 2.75) is 50.4 Å². The van der Waals surface area contributed by atoms with Gasteiger partial charge in [-0.15, -0.1) is 5.10 Å². The van der Waals surface area contributed by atoms with Crippen LogP contribution in [0.3, 0.4) is 0 Å². The number of piperidine rings is 1. The van der Waals surface area contributed by atoms with E-state index >= 15 is 0 Å². The van der Waals surface area contributed by atoms with Crippen LogP contribution in [0.4, 0.5) is 0 Å². The molecule has 1 amide bonds. The third-order valence-electron chi connectivity index (χ3n) is 4.32. The molecule has 0 radical (unpaired) electrons. The van der Waals surface area contributed by atoms with Crippen LogP contribution in [0, 0.1) is 13.8 Å². The van der Waals surface area contributed by atoms with Crippen LogP contribution in [-0.2, 0) is 4.79 Å². The number of hydrogen-bond donors (Lipinski definition) is 0. The molecule has 0 saturated carbocycles. The second kappa shape index (κ2) is 7.34. The first-order valence-electron chi connectivity index (χ1n) is 8.37. The highest BCUT2D eigenvalue weighted by Gasteiger charge is 2.25. The lowest BCUT2D eigenvalue weighted by Crippen LogP contribution is -2.40. The Balaban J connectivity index is 1.76. The van der Waals surface area contributed by atoms with Crippen LogP contribution in [-0.4, -0.2) is 49.4 Å². The SMILES string of the molecule is Cc1ccc(-n2nnnc2S[C@@H](C)C(=O)N2CCCCC2)c(C)c1. The Labute approximate surface area is 146 Å². The summed E-state index contributed by atoms with van der Waals surface area (Å²) in [5, 5.41) is 12.5. The fraction of sp³-hybridized carbons (Fsp3) is 0.529. The monoisotopic (exact) mass is 345 g/mol. The van der Waals surface area contributed by atoms with Crippen molar-refractivity contribution in [1.29, 1.82) is 0 Å². The van der Waals surface area contributed by atoms with Crippen LogP contribution in [0.2, 0.25) is 0 Å². The third-order valence-corrected chi connectivity index (χ3v) is 5.34. The van der Waals surface area contributed by atoms with Gasteiger partial charge in [-0.05, 0) is 62.1 Å². The lowest BCUT2D eigenvalue weighted by Gasteiger charge is -2.28. The van der Waals surface area contributed by atoms with Crippen molar-refractivity contribution in [2.75, 3.05) is 13.1 Å². The first-order valence-corrected chi connectivity index (χ1v) is 9.25. The molecule has 1 aromatic heterocycles. The molecule has 2 heterocycles. The molecule has 1 aliphatic heterocycles. The number of benzene rings is 1. The average molecular weight is 345 g/mol. The molecule has 1 fully saturated rings. The van der Waals surface area contributed by atoms with Gasteiger partial charge in [0.25, 0.3) is 0 Å². The number of aryl methyl sites for hydroxylation is 2. The topological polar surface area (TPSA) is 63.9 Å². The zero-order valence-corrected chi connectivity index (χ0v) is 15.2. The minimum atomic E-state index is -0.196. The summed E-state index contributed by atoms with van der Waals surface area (Å²) < 4.78 is 1.72. The molecule has 1 aliphatic rings. The van der Waals surface area contributed by atoms with E-state index in [1.54, 1.807) is 4.68 Å². The quantitative estimate of drug-likeness (QED) is 0.797. The molecular formula is C17H23N5OS. The van der Waals surface area contributed by atoms with Crippen LogP contribution in [0.15, 0.2) is 23.4 Å². The molecule has 0 aliphatic carbocycles. The van der Waals surface area contributed by atoms with E-state index in [-0.39, 0.29) is 11.2 Å². The molecule has 3 rings (SSSR count). The van der Waals surface area contributed by atoms with Crippen molar-refractivity contribution < 1.29 is 4.79 Å². The zero-order chi connectivity index (χ0) is 17.1. The summed E-state index contributed by atoms with van der Waals surface area (Å²) in [4.78, 5) is 14.6. The van der Waals surface area contributed by atoms with Crippen LogP contribution in [0.25, 0.3) is 5.69 Å². The molecule has 0 N–H and O–H groups in total. The van der Waals surface area contributed by atoms with Gasteiger partial charge >= 0.3 is 0 Å². The Morgan fingerprint density at radius 2 is 1.96 bits per heavy atom. The Morgan fingerprint density at radius 3 is 2.67 bits per heavy atom. The maximum atomic E-state index is 12.6. The number of carbonyl (C=O) groups excluding carboxylic acids is 1. The van der Waals surface area contributed by atoms with Gasteiger partial charge in [0.05, 0.1) is 10.9 Å². The fourth-order valence-corrected chi connectivity index (χ4v) is 3.91. The molecule has 0 spiro atoms. The van der Waals surface area contributed by atoms with Crippen molar-refractivity contribution in [3.8, 4) is 5.69 Å². The Morgan fingerprint density at radius 1 is 1.21 bits per heavy atom. The smallest absolute Gasteiger partial charge is 0.235 e. The van der Waals surface area contributed by atoms with E-state index in [9.17, 15) is 4.79 Å². The number of aromatic nitrogens is 4. The largest absolute Gasteiger partial charge is 0.342 e. The number of thioether (sulfide) groups is 1. The summed E-state index contributed by atoms with van der Waals surface area (Å²) in [5.74, 6) is 0.176. The van der Waals surface area contributed by atoms with Crippen molar-refractivity contribution >= 4 is 17.7 Å². The number of amides is 1. The summed E-state index contributed by atoms with van der Waals surface area (Å²) in [6.45, 7) is 7.77. The maximum Gasteiger partial charge on any atom is 0.235 e. The van der Waals surface area contributed by atoms with Crippen LogP contribution in [0.1, 0.15) is 37.3 Å². The van der Waals surface area contributed by atoms with E-state index < -0.39 is 0 Å². The highest BCUT2D eigenvalue weighted by molar-refractivity contribution is 8.00. The maximum absolute atomic E-state index is 12.6. The molecule has 2 aromatic rings. The van der Waals surface area contributed by atoms with E-state index in [0.717, 1.165) is 37.2 Å². The average Bonchev–Trinajstić information content (AvgIpc) is 3.03. The fourth-order valence-electron chi connectivity index (χ4n) is 3.03. The highest BCUT2D eigenvalue weighted by atomic mass is 32.2. The second-order valence-electron chi connectivity index (χ2n) is 6.31. The van der Waals surface area contributed by atoms with Gasteiger partial charge in [0.2, 0.25) is 11.1 Å². The predicted octanol–water partition coefficient (Wildman–Crippen LogP) is 2.77.